The molecule has 8 heteroatoms. The van der Waals surface area contributed by atoms with Gasteiger partial charge in [-0.2, -0.15) is 14.9 Å². The van der Waals surface area contributed by atoms with E-state index >= 15 is 0 Å². The van der Waals surface area contributed by atoms with Crippen LogP contribution in [0.15, 0.2) is 53.6 Å². The van der Waals surface area contributed by atoms with E-state index in [1.807, 2.05) is 30.3 Å². The lowest BCUT2D eigenvalue weighted by Gasteiger charge is -2.05. The maximum absolute atomic E-state index is 9.63. The van der Waals surface area contributed by atoms with Crippen LogP contribution in [0.25, 0.3) is 0 Å². The Balaban J connectivity index is 1.78. The van der Waals surface area contributed by atoms with Crippen molar-refractivity contribution in [3.63, 3.8) is 0 Å². The van der Waals surface area contributed by atoms with Gasteiger partial charge in [0.2, 0.25) is 4.77 Å². The second kappa shape index (κ2) is 7.63. The molecule has 1 aromatic heterocycles. The number of nitrogens with zero attached hydrogens (tertiary/aromatic N) is 3. The maximum atomic E-state index is 9.63. The lowest BCUT2D eigenvalue weighted by molar-refractivity contribution is 0.290. The summed E-state index contributed by atoms with van der Waals surface area (Å²) >= 11 is 5.20. The molecule has 0 aliphatic heterocycles. The van der Waals surface area contributed by atoms with Gasteiger partial charge in [-0.05, 0) is 48.1 Å². The summed E-state index contributed by atoms with van der Waals surface area (Å²) in [7, 11) is 1.49. The van der Waals surface area contributed by atoms with Crippen molar-refractivity contribution in [1.29, 1.82) is 0 Å². The molecule has 25 heavy (non-hydrogen) atoms. The number of ether oxygens (including phenoxy) is 2. The van der Waals surface area contributed by atoms with Crippen molar-refractivity contribution in [1.82, 2.24) is 14.9 Å². The predicted octanol–water partition coefficient (Wildman–Crippen LogP) is 3.12. The van der Waals surface area contributed by atoms with Crippen LogP contribution in [-0.4, -0.2) is 33.3 Å². The highest BCUT2D eigenvalue weighted by molar-refractivity contribution is 7.71. The van der Waals surface area contributed by atoms with Crippen LogP contribution in [0.2, 0.25) is 0 Å². The molecule has 2 aromatic carbocycles. The number of aromatic hydroxyl groups is 1. The van der Waals surface area contributed by atoms with Crippen LogP contribution >= 0.6 is 12.2 Å². The highest BCUT2D eigenvalue weighted by atomic mass is 32.1. The number of nitrogens with one attached hydrogen (secondary N) is 1. The number of H-pyrrole nitrogens is 1. The SMILES string of the molecule is COc1cc(C=Nn2c(COc3ccccc3)n[nH]c2=S)ccc1O. The molecule has 3 aromatic rings. The zero-order valence-electron chi connectivity index (χ0n) is 13.4. The zero-order valence-corrected chi connectivity index (χ0v) is 14.2. The van der Waals surface area contributed by atoms with Crippen molar-refractivity contribution in [3.8, 4) is 17.2 Å². The van der Waals surface area contributed by atoms with Gasteiger partial charge in [0.15, 0.2) is 17.3 Å². The third kappa shape index (κ3) is 4.04. The second-order valence-electron chi connectivity index (χ2n) is 5.03. The molecule has 0 fully saturated rings. The van der Waals surface area contributed by atoms with Gasteiger partial charge in [0.25, 0.3) is 0 Å². The first-order valence-electron chi connectivity index (χ1n) is 7.43. The van der Waals surface area contributed by atoms with Crippen molar-refractivity contribution < 1.29 is 14.6 Å². The van der Waals surface area contributed by atoms with Gasteiger partial charge in [-0.3, -0.25) is 0 Å². The first kappa shape index (κ1) is 16.7. The number of phenols is 1. The van der Waals surface area contributed by atoms with Crippen LogP contribution in [0, 0.1) is 4.77 Å². The topological polar surface area (TPSA) is 84.7 Å². The number of benzene rings is 2. The number of phenolic OH excluding ortho intramolecular Hbond substituents is 1. The zero-order chi connectivity index (χ0) is 17.6. The van der Waals surface area contributed by atoms with E-state index in [0.29, 0.717) is 16.3 Å². The van der Waals surface area contributed by atoms with E-state index in [-0.39, 0.29) is 12.4 Å². The third-order valence-electron chi connectivity index (χ3n) is 3.35. The fourth-order valence-electron chi connectivity index (χ4n) is 2.10. The minimum Gasteiger partial charge on any atom is -0.504 e. The maximum Gasteiger partial charge on any atom is 0.216 e. The van der Waals surface area contributed by atoms with Crippen LogP contribution in [0.3, 0.4) is 0 Å². The summed E-state index contributed by atoms with van der Waals surface area (Å²) in [5, 5.41) is 20.8. The van der Waals surface area contributed by atoms with E-state index in [1.165, 1.54) is 17.9 Å². The molecule has 0 atom stereocenters. The van der Waals surface area contributed by atoms with Gasteiger partial charge in [-0.15, -0.1) is 0 Å². The summed E-state index contributed by atoms with van der Waals surface area (Å²) in [4.78, 5) is 0. The Bertz CT molecular complexity index is 935. The van der Waals surface area contributed by atoms with Crippen LogP contribution < -0.4 is 9.47 Å². The number of rotatable bonds is 6. The first-order valence-corrected chi connectivity index (χ1v) is 7.83. The number of aromatic nitrogens is 3. The van der Waals surface area contributed by atoms with E-state index in [4.69, 9.17) is 21.7 Å². The van der Waals surface area contributed by atoms with E-state index in [9.17, 15) is 5.11 Å². The molecule has 0 spiro atoms. The Morgan fingerprint density at radius 3 is 2.84 bits per heavy atom. The Morgan fingerprint density at radius 1 is 1.28 bits per heavy atom. The second-order valence-corrected chi connectivity index (χ2v) is 5.42. The molecule has 0 aliphatic rings. The first-order chi connectivity index (χ1) is 12.2. The predicted molar refractivity (Wildman–Crippen MR) is 95.8 cm³/mol. The van der Waals surface area contributed by atoms with Gasteiger partial charge < -0.3 is 14.6 Å². The molecular weight excluding hydrogens is 340 g/mol. The minimum atomic E-state index is 0.0662. The highest BCUT2D eigenvalue weighted by Crippen LogP contribution is 2.25. The van der Waals surface area contributed by atoms with Crippen LogP contribution in [-0.2, 0) is 6.61 Å². The molecule has 0 saturated heterocycles. The fraction of sp³-hybridized carbons (Fsp3) is 0.118. The highest BCUT2D eigenvalue weighted by Gasteiger charge is 2.06. The number of hydrogen-bond donors (Lipinski definition) is 2. The van der Waals surface area contributed by atoms with E-state index < -0.39 is 0 Å². The minimum absolute atomic E-state index is 0.0662. The molecule has 128 valence electrons. The molecule has 0 bridgehead atoms. The van der Waals surface area contributed by atoms with Crippen molar-refractivity contribution in [2.45, 2.75) is 6.61 Å². The summed E-state index contributed by atoms with van der Waals surface area (Å²) in [5.74, 6) is 1.70. The molecular formula is C17H16N4O3S. The molecule has 7 nitrogen and oxygen atoms in total. The van der Waals surface area contributed by atoms with Gasteiger partial charge in [0, 0.05) is 0 Å². The fourth-order valence-corrected chi connectivity index (χ4v) is 2.30. The van der Waals surface area contributed by atoms with E-state index in [0.717, 1.165) is 11.3 Å². The number of hydrogen-bond acceptors (Lipinski definition) is 6. The van der Waals surface area contributed by atoms with Gasteiger partial charge in [-0.1, -0.05) is 18.2 Å². The molecule has 1 heterocycles. The van der Waals surface area contributed by atoms with Gasteiger partial charge >= 0.3 is 0 Å². The van der Waals surface area contributed by atoms with Crippen molar-refractivity contribution in [2.24, 2.45) is 5.10 Å². The molecule has 2 N–H and O–H groups in total. The number of methoxy groups -OCH3 is 1. The van der Waals surface area contributed by atoms with Crippen LogP contribution in [0.4, 0.5) is 0 Å². The smallest absolute Gasteiger partial charge is 0.216 e. The summed E-state index contributed by atoms with van der Waals surface area (Å²) in [6, 6.07) is 14.3. The lowest BCUT2D eigenvalue weighted by atomic mass is 10.2. The van der Waals surface area contributed by atoms with E-state index in [2.05, 4.69) is 15.3 Å². The molecule has 0 unspecified atom stereocenters. The van der Waals surface area contributed by atoms with Gasteiger partial charge in [0.1, 0.15) is 12.4 Å². The van der Waals surface area contributed by atoms with Crippen molar-refractivity contribution in [3.05, 3.63) is 64.7 Å². The lowest BCUT2D eigenvalue weighted by Crippen LogP contribution is -2.04. The van der Waals surface area contributed by atoms with Gasteiger partial charge in [0.05, 0.1) is 13.3 Å². The molecule has 3 rings (SSSR count). The monoisotopic (exact) mass is 356 g/mol. The Labute approximate surface area is 149 Å². The Hall–Kier alpha value is -3.13. The largest absolute Gasteiger partial charge is 0.504 e. The quantitative estimate of drug-likeness (QED) is 0.524. The average molecular weight is 356 g/mol. The van der Waals surface area contributed by atoms with Crippen molar-refractivity contribution in [2.75, 3.05) is 7.11 Å². The Kier molecular flexibility index (Phi) is 5.10. The normalized spacial score (nSPS) is 10.9. The molecule has 0 amide bonds. The average Bonchev–Trinajstić information content (AvgIpc) is 3.00. The summed E-state index contributed by atoms with van der Waals surface area (Å²) in [6.45, 7) is 0.216. The molecule has 0 aliphatic carbocycles. The summed E-state index contributed by atoms with van der Waals surface area (Å²) in [6.07, 6.45) is 1.60. The van der Waals surface area contributed by atoms with Crippen molar-refractivity contribution >= 4 is 18.4 Å². The Morgan fingerprint density at radius 2 is 2.08 bits per heavy atom. The van der Waals surface area contributed by atoms with Crippen LogP contribution in [0.5, 0.6) is 17.2 Å². The summed E-state index contributed by atoms with van der Waals surface area (Å²) in [5.41, 5.74) is 0.743. The molecule has 0 saturated carbocycles. The number of aromatic amines is 1. The van der Waals surface area contributed by atoms with E-state index in [1.54, 1.807) is 18.3 Å². The van der Waals surface area contributed by atoms with Crippen LogP contribution in [0.1, 0.15) is 11.4 Å². The standard InChI is InChI=1S/C17H16N4O3S/c1-23-15-9-12(7-8-14(15)22)10-18-21-16(19-20-17(21)25)11-24-13-5-3-2-4-6-13/h2-10,22H,11H2,1H3,(H,20,25). The summed E-state index contributed by atoms with van der Waals surface area (Å²) < 4.78 is 12.6. The molecule has 0 radical (unpaired) electrons. The van der Waals surface area contributed by atoms with Gasteiger partial charge in [-0.25, -0.2) is 5.10 Å². The third-order valence-corrected chi connectivity index (χ3v) is 3.62. The number of para-hydroxylation sites is 1.